The standard InChI is InChI=1S/C14H17BrN2O3S/c1-9-4-6-12(16)10(2)14(9)21(18,19)17(3)8-11-5-7-13(15)20-11/h4-7H,8,16H2,1-3H3. The molecule has 0 radical (unpaired) electrons. The van der Waals surface area contributed by atoms with Gasteiger partial charge in [-0.3, -0.25) is 0 Å². The second-order valence-electron chi connectivity index (χ2n) is 4.89. The summed E-state index contributed by atoms with van der Waals surface area (Å²) in [6, 6.07) is 6.89. The third-order valence-corrected chi connectivity index (χ3v) is 5.84. The third-order valence-electron chi connectivity index (χ3n) is 3.32. The second kappa shape index (κ2) is 5.82. The molecule has 0 atom stereocenters. The van der Waals surface area contributed by atoms with Gasteiger partial charge in [-0.05, 0) is 59.1 Å². The number of hydrogen-bond donors (Lipinski definition) is 1. The molecule has 1 aromatic carbocycles. The third kappa shape index (κ3) is 3.14. The molecular weight excluding hydrogens is 356 g/mol. The second-order valence-corrected chi connectivity index (χ2v) is 7.66. The van der Waals surface area contributed by atoms with E-state index in [9.17, 15) is 8.42 Å². The summed E-state index contributed by atoms with van der Waals surface area (Å²) in [6.07, 6.45) is 0. The lowest BCUT2D eigenvalue weighted by Crippen LogP contribution is -2.27. The minimum Gasteiger partial charge on any atom is -0.453 e. The smallest absolute Gasteiger partial charge is 0.243 e. The molecule has 1 aromatic heterocycles. The average Bonchev–Trinajstić information content (AvgIpc) is 2.79. The van der Waals surface area contributed by atoms with Crippen molar-refractivity contribution in [3.05, 3.63) is 45.8 Å². The zero-order chi connectivity index (χ0) is 15.8. The number of halogens is 1. The van der Waals surface area contributed by atoms with Crippen LogP contribution in [0.4, 0.5) is 5.69 Å². The monoisotopic (exact) mass is 372 g/mol. The first-order valence-electron chi connectivity index (χ1n) is 6.29. The van der Waals surface area contributed by atoms with Crippen LogP contribution in [0.25, 0.3) is 0 Å². The molecule has 0 aliphatic rings. The molecule has 2 aromatic rings. The fourth-order valence-corrected chi connectivity index (χ4v) is 4.06. The van der Waals surface area contributed by atoms with Crippen molar-refractivity contribution < 1.29 is 12.8 Å². The van der Waals surface area contributed by atoms with Crippen LogP contribution in [-0.4, -0.2) is 19.8 Å². The average molecular weight is 373 g/mol. The van der Waals surface area contributed by atoms with E-state index in [1.54, 1.807) is 38.1 Å². The van der Waals surface area contributed by atoms with E-state index in [1.807, 2.05) is 0 Å². The van der Waals surface area contributed by atoms with E-state index in [4.69, 9.17) is 10.2 Å². The lowest BCUT2D eigenvalue weighted by Gasteiger charge is -2.20. The molecule has 2 rings (SSSR count). The van der Waals surface area contributed by atoms with Gasteiger partial charge in [0.1, 0.15) is 5.76 Å². The number of nitrogen functional groups attached to an aromatic ring is 1. The van der Waals surface area contributed by atoms with Crippen LogP contribution < -0.4 is 5.73 Å². The van der Waals surface area contributed by atoms with E-state index in [-0.39, 0.29) is 11.4 Å². The van der Waals surface area contributed by atoms with Crippen molar-refractivity contribution in [2.75, 3.05) is 12.8 Å². The van der Waals surface area contributed by atoms with Crippen molar-refractivity contribution in [1.82, 2.24) is 4.31 Å². The van der Waals surface area contributed by atoms with Crippen molar-refractivity contribution in [3.8, 4) is 0 Å². The Hall–Kier alpha value is -1.31. The Bertz CT molecular complexity index is 769. The first kappa shape index (κ1) is 16.1. The number of nitrogens with two attached hydrogens (primary N) is 1. The van der Waals surface area contributed by atoms with Gasteiger partial charge in [-0.15, -0.1) is 0 Å². The van der Waals surface area contributed by atoms with Crippen LogP contribution in [0.2, 0.25) is 0 Å². The summed E-state index contributed by atoms with van der Waals surface area (Å²) >= 11 is 3.20. The van der Waals surface area contributed by atoms with E-state index in [2.05, 4.69) is 15.9 Å². The van der Waals surface area contributed by atoms with E-state index in [1.165, 1.54) is 11.4 Å². The number of furan rings is 1. The predicted octanol–water partition coefficient (Wildman–Crippen LogP) is 3.06. The molecule has 21 heavy (non-hydrogen) atoms. The van der Waals surface area contributed by atoms with Crippen LogP contribution in [0.15, 0.2) is 38.2 Å². The summed E-state index contributed by atoms with van der Waals surface area (Å²) in [5.74, 6) is 0.562. The maximum absolute atomic E-state index is 12.8. The first-order valence-corrected chi connectivity index (χ1v) is 8.53. The van der Waals surface area contributed by atoms with Crippen molar-refractivity contribution in [2.45, 2.75) is 25.3 Å². The molecule has 0 unspecified atom stereocenters. The molecule has 0 aliphatic carbocycles. The zero-order valence-corrected chi connectivity index (χ0v) is 14.5. The zero-order valence-electron chi connectivity index (χ0n) is 12.1. The van der Waals surface area contributed by atoms with Crippen LogP contribution in [0.1, 0.15) is 16.9 Å². The number of sulfonamides is 1. The first-order chi connectivity index (χ1) is 9.73. The van der Waals surface area contributed by atoms with Crippen molar-refractivity contribution >= 4 is 31.6 Å². The molecule has 0 spiro atoms. The van der Waals surface area contributed by atoms with Gasteiger partial charge in [0, 0.05) is 12.7 Å². The predicted molar refractivity (Wildman–Crippen MR) is 85.4 cm³/mol. The minimum absolute atomic E-state index is 0.154. The molecule has 1 heterocycles. The Morgan fingerprint density at radius 1 is 1.24 bits per heavy atom. The van der Waals surface area contributed by atoms with E-state index in [0.29, 0.717) is 27.2 Å². The van der Waals surface area contributed by atoms with Gasteiger partial charge in [-0.25, -0.2) is 8.42 Å². The molecule has 5 nitrogen and oxygen atoms in total. The summed E-state index contributed by atoms with van der Waals surface area (Å²) in [4.78, 5) is 0.260. The largest absolute Gasteiger partial charge is 0.453 e. The number of nitrogens with zero attached hydrogens (tertiary/aromatic N) is 1. The summed E-state index contributed by atoms with van der Waals surface area (Å²) in [7, 11) is -2.11. The van der Waals surface area contributed by atoms with Gasteiger partial charge >= 0.3 is 0 Å². The van der Waals surface area contributed by atoms with Gasteiger partial charge in [0.25, 0.3) is 0 Å². The Balaban J connectivity index is 2.40. The number of aryl methyl sites for hydroxylation is 1. The molecule has 0 amide bonds. The van der Waals surface area contributed by atoms with Crippen LogP contribution >= 0.6 is 15.9 Å². The molecule has 0 saturated heterocycles. The molecule has 2 N–H and O–H groups in total. The Kier molecular flexibility index (Phi) is 4.46. The topological polar surface area (TPSA) is 76.5 Å². The van der Waals surface area contributed by atoms with Crippen LogP contribution in [0.3, 0.4) is 0 Å². The highest BCUT2D eigenvalue weighted by Gasteiger charge is 2.26. The molecule has 114 valence electrons. The number of anilines is 1. The quantitative estimate of drug-likeness (QED) is 0.836. The molecule has 0 aliphatic heterocycles. The SMILES string of the molecule is Cc1ccc(N)c(C)c1S(=O)(=O)N(C)Cc1ccc(Br)o1. The maximum Gasteiger partial charge on any atom is 0.243 e. The Labute approximate surface area is 132 Å². The highest BCUT2D eigenvalue weighted by molar-refractivity contribution is 9.10. The van der Waals surface area contributed by atoms with E-state index < -0.39 is 10.0 Å². The van der Waals surface area contributed by atoms with E-state index >= 15 is 0 Å². The van der Waals surface area contributed by atoms with E-state index in [0.717, 1.165) is 0 Å². The van der Waals surface area contributed by atoms with Gasteiger partial charge in [0.2, 0.25) is 10.0 Å². The molecular formula is C14H17BrN2O3S. The van der Waals surface area contributed by atoms with Gasteiger partial charge in [0.15, 0.2) is 4.67 Å². The molecule has 0 fully saturated rings. The van der Waals surface area contributed by atoms with Crippen LogP contribution in [0.5, 0.6) is 0 Å². The lowest BCUT2D eigenvalue weighted by molar-refractivity contribution is 0.398. The van der Waals surface area contributed by atoms with Gasteiger partial charge in [-0.2, -0.15) is 4.31 Å². The van der Waals surface area contributed by atoms with Gasteiger partial charge < -0.3 is 10.2 Å². The molecule has 7 heteroatoms. The lowest BCUT2D eigenvalue weighted by atomic mass is 10.1. The summed E-state index contributed by atoms with van der Waals surface area (Å²) in [6.45, 7) is 3.63. The molecule has 0 bridgehead atoms. The summed E-state index contributed by atoms with van der Waals surface area (Å²) < 4.78 is 32.7. The van der Waals surface area contributed by atoms with Gasteiger partial charge in [-0.1, -0.05) is 6.07 Å². The number of rotatable bonds is 4. The van der Waals surface area contributed by atoms with Crippen LogP contribution in [-0.2, 0) is 16.6 Å². The van der Waals surface area contributed by atoms with Crippen LogP contribution in [0, 0.1) is 13.8 Å². The number of hydrogen-bond acceptors (Lipinski definition) is 4. The fourth-order valence-electron chi connectivity index (χ4n) is 2.14. The van der Waals surface area contributed by atoms with Crippen molar-refractivity contribution in [3.63, 3.8) is 0 Å². The Morgan fingerprint density at radius 2 is 1.90 bits per heavy atom. The van der Waals surface area contributed by atoms with Crippen molar-refractivity contribution in [1.29, 1.82) is 0 Å². The van der Waals surface area contributed by atoms with Crippen molar-refractivity contribution in [2.24, 2.45) is 0 Å². The normalized spacial score (nSPS) is 12.0. The summed E-state index contributed by atoms with van der Waals surface area (Å²) in [5, 5.41) is 0. The highest BCUT2D eigenvalue weighted by atomic mass is 79.9. The minimum atomic E-state index is -3.63. The molecule has 0 saturated carbocycles. The fraction of sp³-hybridized carbons (Fsp3) is 0.286. The maximum atomic E-state index is 12.8. The Morgan fingerprint density at radius 3 is 2.48 bits per heavy atom. The number of benzene rings is 1. The van der Waals surface area contributed by atoms with Gasteiger partial charge in [0.05, 0.1) is 11.4 Å². The highest BCUT2D eigenvalue weighted by Crippen LogP contribution is 2.28. The summed E-state index contributed by atoms with van der Waals surface area (Å²) in [5.41, 5.74) is 7.55.